The third-order valence-corrected chi connectivity index (χ3v) is 4.14. The highest BCUT2D eigenvalue weighted by atomic mass is 35.5. The van der Waals surface area contributed by atoms with E-state index >= 15 is 0 Å². The first-order chi connectivity index (χ1) is 10.2. The first kappa shape index (κ1) is 14.0. The van der Waals surface area contributed by atoms with Crippen molar-refractivity contribution in [2.45, 2.75) is 6.54 Å². The third kappa shape index (κ3) is 3.40. The van der Waals surface area contributed by atoms with Gasteiger partial charge in [-0.15, -0.1) is 11.3 Å². The molecule has 106 valence electrons. The molecule has 2 nitrogen and oxygen atoms in total. The van der Waals surface area contributed by atoms with E-state index in [2.05, 4.69) is 10.3 Å². The molecule has 0 saturated carbocycles. The molecule has 1 N–H and O–H groups in total. The smallest absolute Gasteiger partial charge is 0.143 e. The monoisotopic (exact) mass is 318 g/mol. The molecule has 1 aromatic heterocycles. The van der Waals surface area contributed by atoms with Gasteiger partial charge in [0.2, 0.25) is 0 Å². The first-order valence-corrected chi connectivity index (χ1v) is 7.67. The van der Waals surface area contributed by atoms with Crippen molar-refractivity contribution in [2.24, 2.45) is 0 Å². The zero-order valence-corrected chi connectivity index (χ0v) is 12.6. The topological polar surface area (TPSA) is 24.9 Å². The Bertz CT molecular complexity index is 743. The van der Waals surface area contributed by atoms with Crippen molar-refractivity contribution in [1.82, 2.24) is 4.98 Å². The highest BCUT2D eigenvalue weighted by Gasteiger charge is 2.05. The lowest BCUT2D eigenvalue weighted by molar-refractivity contribution is 0.628. The van der Waals surface area contributed by atoms with Crippen molar-refractivity contribution in [1.29, 1.82) is 0 Å². The molecule has 3 rings (SSSR count). The SMILES string of the molecule is Fc1cc(NCc2nc(-c3ccccc3)cs2)ccc1Cl. The van der Waals surface area contributed by atoms with E-state index in [9.17, 15) is 4.39 Å². The van der Waals surface area contributed by atoms with E-state index in [0.717, 1.165) is 16.3 Å². The van der Waals surface area contributed by atoms with Crippen LogP contribution in [0.15, 0.2) is 53.9 Å². The van der Waals surface area contributed by atoms with Crippen LogP contribution in [0.3, 0.4) is 0 Å². The van der Waals surface area contributed by atoms with Crippen LogP contribution in [0.2, 0.25) is 5.02 Å². The predicted octanol–water partition coefficient (Wildman–Crippen LogP) is 5.21. The van der Waals surface area contributed by atoms with Crippen LogP contribution in [0.1, 0.15) is 5.01 Å². The number of aromatic nitrogens is 1. The molecule has 0 saturated heterocycles. The summed E-state index contributed by atoms with van der Waals surface area (Å²) in [4.78, 5) is 4.57. The van der Waals surface area contributed by atoms with Gasteiger partial charge in [0.25, 0.3) is 0 Å². The van der Waals surface area contributed by atoms with E-state index in [1.54, 1.807) is 17.4 Å². The molecule has 2 aromatic carbocycles. The van der Waals surface area contributed by atoms with Crippen LogP contribution in [-0.2, 0) is 6.54 Å². The Hall–Kier alpha value is -1.91. The van der Waals surface area contributed by atoms with Gasteiger partial charge in [0.1, 0.15) is 10.8 Å². The first-order valence-electron chi connectivity index (χ1n) is 6.41. The Morgan fingerprint density at radius 3 is 2.71 bits per heavy atom. The summed E-state index contributed by atoms with van der Waals surface area (Å²) < 4.78 is 13.3. The zero-order chi connectivity index (χ0) is 14.7. The summed E-state index contributed by atoms with van der Waals surface area (Å²) in [5.74, 6) is -0.425. The number of hydrogen-bond acceptors (Lipinski definition) is 3. The molecule has 5 heteroatoms. The lowest BCUT2D eigenvalue weighted by atomic mass is 10.2. The minimum Gasteiger partial charge on any atom is -0.378 e. The van der Waals surface area contributed by atoms with Gasteiger partial charge >= 0.3 is 0 Å². The van der Waals surface area contributed by atoms with Crippen LogP contribution >= 0.6 is 22.9 Å². The van der Waals surface area contributed by atoms with Crippen LogP contribution in [0.5, 0.6) is 0 Å². The standard InChI is InChI=1S/C16H12ClFN2S/c17-13-7-6-12(8-14(13)18)19-9-16-20-15(10-21-16)11-4-2-1-3-5-11/h1-8,10,19H,9H2. The van der Waals surface area contributed by atoms with Gasteiger partial charge in [0.05, 0.1) is 17.3 Å². The Morgan fingerprint density at radius 2 is 1.95 bits per heavy atom. The fourth-order valence-electron chi connectivity index (χ4n) is 1.92. The largest absolute Gasteiger partial charge is 0.378 e. The molecule has 21 heavy (non-hydrogen) atoms. The maximum atomic E-state index is 13.3. The fraction of sp³-hybridized carbons (Fsp3) is 0.0625. The molecular formula is C16H12ClFN2S. The van der Waals surface area contributed by atoms with Gasteiger partial charge in [0, 0.05) is 16.6 Å². The van der Waals surface area contributed by atoms with E-state index in [1.807, 2.05) is 35.7 Å². The van der Waals surface area contributed by atoms with Gasteiger partial charge in [-0.25, -0.2) is 9.37 Å². The molecule has 3 aromatic rings. The lowest BCUT2D eigenvalue weighted by Crippen LogP contribution is -1.99. The second kappa shape index (κ2) is 6.24. The second-order valence-electron chi connectivity index (χ2n) is 4.47. The van der Waals surface area contributed by atoms with E-state index < -0.39 is 5.82 Å². The molecule has 0 fully saturated rings. The number of nitrogens with one attached hydrogen (secondary N) is 1. The van der Waals surface area contributed by atoms with E-state index in [-0.39, 0.29) is 5.02 Å². The van der Waals surface area contributed by atoms with Gasteiger partial charge in [-0.05, 0) is 18.2 Å². The summed E-state index contributed by atoms with van der Waals surface area (Å²) in [6, 6.07) is 14.7. The number of halogens is 2. The van der Waals surface area contributed by atoms with Crippen molar-refractivity contribution < 1.29 is 4.39 Å². The van der Waals surface area contributed by atoms with Gasteiger partial charge in [-0.1, -0.05) is 41.9 Å². The third-order valence-electron chi connectivity index (χ3n) is 2.98. The van der Waals surface area contributed by atoms with Gasteiger partial charge < -0.3 is 5.32 Å². The second-order valence-corrected chi connectivity index (χ2v) is 5.82. The Balaban J connectivity index is 1.69. The number of benzene rings is 2. The van der Waals surface area contributed by atoms with Crippen molar-refractivity contribution in [3.8, 4) is 11.3 Å². The quantitative estimate of drug-likeness (QED) is 0.714. The van der Waals surface area contributed by atoms with Crippen molar-refractivity contribution in [3.63, 3.8) is 0 Å². The average molecular weight is 319 g/mol. The minimum atomic E-state index is -0.425. The van der Waals surface area contributed by atoms with Crippen LogP contribution in [0, 0.1) is 5.82 Å². The molecule has 0 atom stereocenters. The molecule has 0 unspecified atom stereocenters. The number of rotatable bonds is 4. The van der Waals surface area contributed by atoms with Crippen molar-refractivity contribution in [3.05, 3.63) is 69.8 Å². The van der Waals surface area contributed by atoms with Crippen molar-refractivity contribution >= 4 is 28.6 Å². The van der Waals surface area contributed by atoms with Crippen LogP contribution in [-0.4, -0.2) is 4.98 Å². The number of thiazole rings is 1. The highest BCUT2D eigenvalue weighted by Crippen LogP contribution is 2.23. The van der Waals surface area contributed by atoms with Gasteiger partial charge in [-0.2, -0.15) is 0 Å². The molecular weight excluding hydrogens is 307 g/mol. The number of hydrogen-bond donors (Lipinski definition) is 1. The normalized spacial score (nSPS) is 10.6. The highest BCUT2D eigenvalue weighted by molar-refractivity contribution is 7.09. The lowest BCUT2D eigenvalue weighted by Gasteiger charge is -2.04. The van der Waals surface area contributed by atoms with Crippen molar-refractivity contribution in [2.75, 3.05) is 5.32 Å². The summed E-state index contributed by atoms with van der Waals surface area (Å²) in [5, 5.41) is 6.24. The fourth-order valence-corrected chi connectivity index (χ4v) is 2.78. The Labute approximate surface area is 131 Å². The summed E-state index contributed by atoms with van der Waals surface area (Å²) in [6.45, 7) is 0.554. The molecule has 0 spiro atoms. The summed E-state index contributed by atoms with van der Waals surface area (Å²) in [6.07, 6.45) is 0. The Kier molecular flexibility index (Phi) is 4.18. The molecule has 0 amide bonds. The Morgan fingerprint density at radius 1 is 1.14 bits per heavy atom. The van der Waals surface area contributed by atoms with Crippen LogP contribution in [0.4, 0.5) is 10.1 Å². The van der Waals surface area contributed by atoms with Crippen LogP contribution in [0.25, 0.3) is 11.3 Å². The molecule has 0 bridgehead atoms. The van der Waals surface area contributed by atoms with Gasteiger partial charge in [-0.3, -0.25) is 0 Å². The van der Waals surface area contributed by atoms with Crippen LogP contribution < -0.4 is 5.32 Å². The zero-order valence-electron chi connectivity index (χ0n) is 11.0. The molecule has 0 aliphatic rings. The number of anilines is 1. The summed E-state index contributed by atoms with van der Waals surface area (Å²) >= 11 is 7.23. The minimum absolute atomic E-state index is 0.126. The molecule has 1 heterocycles. The van der Waals surface area contributed by atoms with E-state index in [1.165, 1.54) is 12.1 Å². The maximum absolute atomic E-state index is 13.3. The van der Waals surface area contributed by atoms with E-state index in [0.29, 0.717) is 12.2 Å². The summed E-state index contributed by atoms with van der Waals surface area (Å²) in [7, 11) is 0. The maximum Gasteiger partial charge on any atom is 0.143 e. The van der Waals surface area contributed by atoms with Gasteiger partial charge in [0.15, 0.2) is 0 Å². The predicted molar refractivity (Wildman–Crippen MR) is 86.3 cm³/mol. The molecule has 0 radical (unpaired) electrons. The summed E-state index contributed by atoms with van der Waals surface area (Å²) in [5.41, 5.74) is 2.74. The average Bonchev–Trinajstić information content (AvgIpc) is 2.98. The number of nitrogens with zero attached hydrogens (tertiary/aromatic N) is 1. The molecule has 0 aliphatic carbocycles. The van der Waals surface area contributed by atoms with E-state index in [4.69, 9.17) is 11.6 Å². The molecule has 0 aliphatic heterocycles.